The topological polar surface area (TPSA) is 143 Å². The second-order valence-electron chi connectivity index (χ2n) is 5.47. The summed E-state index contributed by atoms with van der Waals surface area (Å²) in [4.78, 5) is 33.6. The summed E-state index contributed by atoms with van der Waals surface area (Å²) in [6, 6.07) is 1.07. The zero-order valence-electron chi connectivity index (χ0n) is 11.9. The second-order valence-corrected chi connectivity index (χ2v) is 5.47. The van der Waals surface area contributed by atoms with Crippen molar-refractivity contribution in [3.05, 3.63) is 38.4 Å². The van der Waals surface area contributed by atoms with Gasteiger partial charge in [-0.1, -0.05) is 0 Å². The maximum Gasteiger partial charge on any atom is 0.342 e. The van der Waals surface area contributed by atoms with E-state index in [1.54, 1.807) is 0 Å². The first-order valence-electron chi connectivity index (χ1n) is 6.91. The number of nitro groups is 1. The quantitative estimate of drug-likeness (QED) is 0.427. The number of carbonyl (C=O) groups is 2. The number of benzene rings is 1. The van der Waals surface area contributed by atoms with Gasteiger partial charge in [0.05, 0.1) is 35.9 Å². The van der Waals surface area contributed by atoms with E-state index < -0.39 is 28.1 Å². The Hall–Kier alpha value is -2.52. The van der Waals surface area contributed by atoms with Crippen molar-refractivity contribution in [2.75, 3.05) is 13.2 Å². The Balaban J connectivity index is 2.22. The molecule has 9 heteroatoms. The number of nitrogens with zero attached hydrogens (tertiary/aromatic N) is 1. The predicted octanol–water partition coefficient (Wildman–Crippen LogP) is 0.874. The van der Waals surface area contributed by atoms with Crippen molar-refractivity contribution >= 4 is 17.6 Å². The van der Waals surface area contributed by atoms with Gasteiger partial charge < -0.3 is 19.7 Å². The molecular formula is C14H13NO8. The molecular weight excluding hydrogens is 310 g/mol. The molecule has 1 aromatic carbocycles. The van der Waals surface area contributed by atoms with Crippen LogP contribution in [0.4, 0.5) is 5.69 Å². The molecule has 3 rings (SSSR count). The highest BCUT2D eigenvalue weighted by atomic mass is 16.6. The molecule has 2 fully saturated rings. The SMILES string of the molecule is O=C(O)c1cc(CC2CO2)c(C(=O)O)c(CC2CO2)c1[N+](=O)[O-]. The molecule has 0 saturated carbocycles. The number of ether oxygens (including phenoxy) is 2. The van der Waals surface area contributed by atoms with E-state index >= 15 is 0 Å². The first kappa shape index (κ1) is 15.4. The Morgan fingerprint density at radius 1 is 1.17 bits per heavy atom. The lowest BCUT2D eigenvalue weighted by molar-refractivity contribution is -0.386. The number of epoxide rings is 2. The molecule has 0 amide bonds. The number of aromatic carboxylic acids is 2. The summed E-state index contributed by atoms with van der Waals surface area (Å²) in [6.45, 7) is 0.827. The molecule has 2 N–H and O–H groups in total. The zero-order chi connectivity index (χ0) is 16.7. The van der Waals surface area contributed by atoms with Crippen LogP contribution in [-0.4, -0.2) is 52.5 Å². The minimum atomic E-state index is -1.47. The highest BCUT2D eigenvalue weighted by Crippen LogP contribution is 2.35. The third-order valence-electron chi connectivity index (χ3n) is 3.79. The van der Waals surface area contributed by atoms with Gasteiger partial charge in [0.1, 0.15) is 5.56 Å². The molecule has 0 aliphatic carbocycles. The summed E-state index contributed by atoms with van der Waals surface area (Å²) in [7, 11) is 0. The molecule has 23 heavy (non-hydrogen) atoms. The minimum Gasteiger partial charge on any atom is -0.478 e. The number of hydrogen-bond acceptors (Lipinski definition) is 6. The maximum atomic E-state index is 11.7. The number of carboxylic acid groups (broad SMARTS) is 2. The fourth-order valence-corrected chi connectivity index (χ4v) is 2.63. The molecule has 2 atom stereocenters. The molecule has 2 unspecified atom stereocenters. The van der Waals surface area contributed by atoms with Crippen molar-refractivity contribution in [3.63, 3.8) is 0 Å². The van der Waals surface area contributed by atoms with Crippen molar-refractivity contribution < 1.29 is 34.2 Å². The van der Waals surface area contributed by atoms with E-state index in [1.165, 1.54) is 0 Å². The summed E-state index contributed by atoms with van der Waals surface area (Å²) in [6.07, 6.45) is -0.294. The highest BCUT2D eigenvalue weighted by Gasteiger charge is 2.37. The van der Waals surface area contributed by atoms with Crippen LogP contribution in [0.15, 0.2) is 6.07 Å². The molecule has 0 radical (unpaired) electrons. The van der Waals surface area contributed by atoms with Gasteiger partial charge in [-0.2, -0.15) is 0 Å². The Bertz CT molecular complexity index is 705. The summed E-state index contributed by atoms with van der Waals surface area (Å²) < 4.78 is 10.1. The third-order valence-corrected chi connectivity index (χ3v) is 3.79. The molecule has 0 aromatic heterocycles. The lowest BCUT2D eigenvalue weighted by Gasteiger charge is -2.13. The summed E-state index contributed by atoms with van der Waals surface area (Å²) in [5, 5.41) is 30.1. The van der Waals surface area contributed by atoms with Crippen molar-refractivity contribution in [2.24, 2.45) is 0 Å². The fraction of sp³-hybridized carbons (Fsp3) is 0.429. The molecule has 0 bridgehead atoms. The molecule has 9 nitrogen and oxygen atoms in total. The third kappa shape index (κ3) is 3.15. The smallest absolute Gasteiger partial charge is 0.342 e. The van der Waals surface area contributed by atoms with Crippen LogP contribution in [0.1, 0.15) is 31.8 Å². The van der Waals surface area contributed by atoms with Gasteiger partial charge in [-0.15, -0.1) is 0 Å². The van der Waals surface area contributed by atoms with E-state index in [-0.39, 0.29) is 41.7 Å². The van der Waals surface area contributed by atoms with Gasteiger partial charge in [-0.25, -0.2) is 9.59 Å². The normalized spacial score (nSPS) is 21.7. The second kappa shape index (κ2) is 5.60. The standard InChI is InChI=1S/C14H13NO8/c16-13(17)10-2-6(1-7-4-22-7)11(14(18)19)9(3-8-5-23-8)12(10)15(20)21/h2,7-8H,1,3-5H2,(H,16,17)(H,18,19). The molecule has 2 saturated heterocycles. The van der Waals surface area contributed by atoms with E-state index in [2.05, 4.69) is 0 Å². The average molecular weight is 323 g/mol. The zero-order valence-corrected chi connectivity index (χ0v) is 11.9. The van der Waals surface area contributed by atoms with Crippen LogP contribution in [0, 0.1) is 10.1 Å². The molecule has 122 valence electrons. The summed E-state index contributed by atoms with van der Waals surface area (Å²) in [5.41, 5.74) is -1.26. The summed E-state index contributed by atoms with van der Waals surface area (Å²) in [5.74, 6) is -2.79. The number of rotatable bonds is 7. The number of carboxylic acids is 2. The largest absolute Gasteiger partial charge is 0.478 e. The molecule has 2 aliphatic rings. The van der Waals surface area contributed by atoms with Crippen LogP contribution >= 0.6 is 0 Å². The van der Waals surface area contributed by atoms with Gasteiger partial charge in [0, 0.05) is 18.4 Å². The van der Waals surface area contributed by atoms with Crippen LogP contribution in [0.25, 0.3) is 0 Å². The van der Waals surface area contributed by atoms with Gasteiger partial charge in [0.15, 0.2) is 0 Å². The maximum absolute atomic E-state index is 11.7. The van der Waals surface area contributed by atoms with Gasteiger partial charge in [-0.3, -0.25) is 10.1 Å². The lowest BCUT2D eigenvalue weighted by Crippen LogP contribution is -2.17. The number of hydrogen-bond donors (Lipinski definition) is 2. The fourth-order valence-electron chi connectivity index (χ4n) is 2.63. The van der Waals surface area contributed by atoms with Crippen molar-refractivity contribution in [1.29, 1.82) is 0 Å². The molecule has 2 heterocycles. The van der Waals surface area contributed by atoms with Crippen LogP contribution in [0.2, 0.25) is 0 Å². The van der Waals surface area contributed by atoms with E-state index in [0.29, 0.717) is 13.2 Å². The average Bonchev–Trinajstić information content (AvgIpc) is 3.32. The van der Waals surface area contributed by atoms with E-state index in [4.69, 9.17) is 9.47 Å². The van der Waals surface area contributed by atoms with Crippen molar-refractivity contribution in [1.82, 2.24) is 0 Å². The van der Waals surface area contributed by atoms with Crippen LogP contribution in [0.3, 0.4) is 0 Å². The Kier molecular flexibility index (Phi) is 3.74. The predicted molar refractivity (Wildman–Crippen MR) is 73.9 cm³/mol. The van der Waals surface area contributed by atoms with Gasteiger partial charge in [0.25, 0.3) is 5.69 Å². The van der Waals surface area contributed by atoms with Crippen LogP contribution < -0.4 is 0 Å². The Labute approximate surface area is 129 Å². The summed E-state index contributed by atoms with van der Waals surface area (Å²) >= 11 is 0. The molecule has 1 aromatic rings. The molecule has 0 spiro atoms. The first-order chi connectivity index (χ1) is 10.9. The van der Waals surface area contributed by atoms with Gasteiger partial charge in [-0.05, 0) is 11.6 Å². The molecule has 2 aliphatic heterocycles. The van der Waals surface area contributed by atoms with Gasteiger partial charge >= 0.3 is 11.9 Å². The number of nitro benzene ring substituents is 1. The van der Waals surface area contributed by atoms with Crippen LogP contribution in [-0.2, 0) is 22.3 Å². The van der Waals surface area contributed by atoms with Crippen molar-refractivity contribution in [3.8, 4) is 0 Å². The highest BCUT2D eigenvalue weighted by molar-refractivity contribution is 5.99. The van der Waals surface area contributed by atoms with Crippen molar-refractivity contribution in [2.45, 2.75) is 25.0 Å². The Morgan fingerprint density at radius 2 is 1.74 bits per heavy atom. The first-order valence-corrected chi connectivity index (χ1v) is 6.91. The monoisotopic (exact) mass is 323 g/mol. The van der Waals surface area contributed by atoms with E-state index in [1.807, 2.05) is 0 Å². The van der Waals surface area contributed by atoms with Gasteiger partial charge in [0.2, 0.25) is 0 Å². The van der Waals surface area contributed by atoms with E-state index in [9.17, 15) is 29.9 Å². The van der Waals surface area contributed by atoms with E-state index in [0.717, 1.165) is 6.07 Å². The minimum absolute atomic E-state index is 0.00239. The lowest BCUT2D eigenvalue weighted by atomic mass is 9.90. The van der Waals surface area contributed by atoms with Crippen LogP contribution in [0.5, 0.6) is 0 Å². The Morgan fingerprint density at radius 3 is 2.17 bits per heavy atom.